The third kappa shape index (κ3) is 2.48. The zero-order chi connectivity index (χ0) is 18.4. The zero-order valence-electron chi connectivity index (χ0n) is 13.8. The fraction of sp³-hybridized carbons (Fsp3) is 0.167. The molecule has 0 radical (unpaired) electrons. The first-order valence-corrected chi connectivity index (χ1v) is 8.47. The summed E-state index contributed by atoms with van der Waals surface area (Å²) in [6, 6.07) is 7.08. The second kappa shape index (κ2) is 6.03. The topological polar surface area (TPSA) is 96.5 Å². The summed E-state index contributed by atoms with van der Waals surface area (Å²) < 4.78 is 1.72. The monoisotopic (exact) mass is 369 g/mol. The number of halogens is 1. The molecule has 3 heterocycles. The first-order chi connectivity index (χ1) is 12.5. The Hall–Kier alpha value is -3.06. The molecular weight excluding hydrogens is 354 g/mol. The smallest absolute Gasteiger partial charge is 0.254 e. The van der Waals surface area contributed by atoms with Gasteiger partial charge in [0.1, 0.15) is 16.9 Å². The summed E-state index contributed by atoms with van der Waals surface area (Å²) in [5.74, 6) is -0.692. The van der Waals surface area contributed by atoms with E-state index in [9.17, 15) is 9.59 Å². The zero-order valence-corrected chi connectivity index (χ0v) is 14.6. The van der Waals surface area contributed by atoms with Crippen LogP contribution in [0, 0.1) is 0 Å². The maximum atomic E-state index is 12.1. The van der Waals surface area contributed by atoms with E-state index in [0.29, 0.717) is 41.4 Å². The van der Waals surface area contributed by atoms with E-state index in [2.05, 4.69) is 16.7 Å². The van der Waals surface area contributed by atoms with Crippen molar-refractivity contribution in [3.05, 3.63) is 58.9 Å². The van der Waals surface area contributed by atoms with Gasteiger partial charge >= 0.3 is 0 Å². The van der Waals surface area contributed by atoms with Crippen LogP contribution in [0.3, 0.4) is 0 Å². The third-order valence-electron chi connectivity index (χ3n) is 4.58. The van der Waals surface area contributed by atoms with Crippen LogP contribution in [0.1, 0.15) is 21.7 Å². The molecule has 0 aliphatic carbocycles. The minimum atomic E-state index is -0.567. The first kappa shape index (κ1) is 16.4. The first-order valence-electron chi connectivity index (χ1n) is 8.09. The number of carbonyl (C=O) groups is 2. The van der Waals surface area contributed by atoms with Crippen molar-refractivity contribution in [1.29, 1.82) is 0 Å². The van der Waals surface area contributed by atoms with Crippen molar-refractivity contribution in [3.8, 4) is 11.3 Å². The number of benzene rings is 1. The molecule has 0 saturated heterocycles. The number of primary amides is 1. The molecule has 2 amide bonds. The number of imidazole rings is 1. The molecular formula is C18H16ClN5O2. The summed E-state index contributed by atoms with van der Waals surface area (Å²) in [7, 11) is 0. The summed E-state index contributed by atoms with van der Waals surface area (Å²) >= 11 is 5.94. The molecule has 0 unspecified atom stereocenters. The number of aromatic nitrogens is 3. The lowest BCUT2D eigenvalue weighted by atomic mass is 10.1. The Kier molecular flexibility index (Phi) is 3.81. The van der Waals surface area contributed by atoms with Gasteiger partial charge in [0, 0.05) is 23.6 Å². The highest BCUT2D eigenvalue weighted by atomic mass is 35.5. The Morgan fingerprint density at radius 3 is 2.69 bits per heavy atom. The molecule has 0 saturated carbocycles. The van der Waals surface area contributed by atoms with E-state index in [1.165, 1.54) is 6.08 Å². The van der Waals surface area contributed by atoms with Crippen molar-refractivity contribution in [2.24, 2.45) is 5.73 Å². The van der Waals surface area contributed by atoms with Crippen LogP contribution in [0.2, 0.25) is 5.02 Å². The van der Waals surface area contributed by atoms with Gasteiger partial charge in [0.2, 0.25) is 5.91 Å². The summed E-state index contributed by atoms with van der Waals surface area (Å²) in [5, 5.41) is 5.22. The van der Waals surface area contributed by atoms with Crippen molar-refractivity contribution in [2.75, 3.05) is 6.54 Å². The Labute approximate surface area is 154 Å². The van der Waals surface area contributed by atoms with Crippen LogP contribution < -0.4 is 5.73 Å². The van der Waals surface area contributed by atoms with Gasteiger partial charge in [-0.15, -0.1) is 0 Å². The molecule has 2 aromatic heterocycles. The predicted octanol–water partition coefficient (Wildman–Crippen LogP) is 2.15. The van der Waals surface area contributed by atoms with Crippen LogP contribution in [0.25, 0.3) is 16.9 Å². The minimum Gasteiger partial charge on any atom is -0.365 e. The van der Waals surface area contributed by atoms with Gasteiger partial charge in [0.05, 0.1) is 17.9 Å². The van der Waals surface area contributed by atoms with Crippen LogP contribution in [0.5, 0.6) is 0 Å². The summed E-state index contributed by atoms with van der Waals surface area (Å²) in [4.78, 5) is 28.9. The molecule has 0 fully saturated rings. The third-order valence-corrected chi connectivity index (χ3v) is 4.83. The molecule has 3 N–H and O–H groups in total. The summed E-state index contributed by atoms with van der Waals surface area (Å²) in [5.41, 5.74) is 9.55. The molecule has 1 aromatic carbocycles. The second-order valence-corrected chi connectivity index (χ2v) is 6.56. The van der Waals surface area contributed by atoms with Gasteiger partial charge in [-0.05, 0) is 18.2 Å². The Morgan fingerprint density at radius 1 is 1.31 bits per heavy atom. The van der Waals surface area contributed by atoms with Crippen molar-refractivity contribution in [1.82, 2.24) is 19.5 Å². The number of amides is 2. The van der Waals surface area contributed by atoms with E-state index >= 15 is 0 Å². The van der Waals surface area contributed by atoms with Crippen LogP contribution in [-0.4, -0.2) is 37.9 Å². The van der Waals surface area contributed by atoms with E-state index in [0.717, 1.165) is 17.0 Å². The highest BCUT2D eigenvalue weighted by Gasteiger charge is 2.28. The van der Waals surface area contributed by atoms with Gasteiger partial charge in [-0.1, -0.05) is 30.3 Å². The van der Waals surface area contributed by atoms with Gasteiger partial charge < -0.3 is 15.6 Å². The Balaban J connectivity index is 1.85. The Morgan fingerprint density at radius 2 is 2.04 bits per heavy atom. The molecule has 8 heteroatoms. The number of aromatic amines is 1. The largest absolute Gasteiger partial charge is 0.365 e. The van der Waals surface area contributed by atoms with Crippen LogP contribution in [-0.2, 0) is 17.8 Å². The van der Waals surface area contributed by atoms with Gasteiger partial charge in [0.25, 0.3) is 5.91 Å². The van der Waals surface area contributed by atoms with Crippen molar-refractivity contribution < 1.29 is 9.59 Å². The van der Waals surface area contributed by atoms with Crippen LogP contribution in [0.15, 0.2) is 36.9 Å². The molecule has 132 valence electrons. The average Bonchev–Trinajstić information content (AvgIpc) is 3.16. The van der Waals surface area contributed by atoms with Gasteiger partial charge in [-0.25, -0.2) is 4.52 Å². The molecule has 1 aliphatic heterocycles. The lowest BCUT2D eigenvalue weighted by molar-refractivity contribution is -0.126. The van der Waals surface area contributed by atoms with Crippen molar-refractivity contribution in [2.45, 2.75) is 13.0 Å². The van der Waals surface area contributed by atoms with Gasteiger partial charge in [-0.3, -0.25) is 9.59 Å². The lowest BCUT2D eigenvalue weighted by Crippen LogP contribution is -2.35. The molecule has 4 rings (SSSR count). The van der Waals surface area contributed by atoms with E-state index in [1.54, 1.807) is 33.7 Å². The molecule has 0 spiro atoms. The highest BCUT2D eigenvalue weighted by molar-refractivity contribution is 6.30. The molecule has 1 aliphatic rings. The molecule has 3 aromatic rings. The average molecular weight is 370 g/mol. The summed E-state index contributed by atoms with van der Waals surface area (Å²) in [6.07, 6.45) is 1.92. The number of nitrogens with zero attached hydrogens (tertiary/aromatic N) is 3. The van der Waals surface area contributed by atoms with Crippen molar-refractivity contribution in [3.63, 3.8) is 0 Å². The van der Waals surface area contributed by atoms with E-state index < -0.39 is 5.91 Å². The SMILES string of the molecule is C=CC(=O)N1CCc2c([nH]c3c(C(N)=O)c(-c4ccc(Cl)cc4)nn23)C1. The van der Waals surface area contributed by atoms with Crippen LogP contribution in [0.4, 0.5) is 0 Å². The molecule has 0 bridgehead atoms. The number of carbonyl (C=O) groups excluding carboxylic acids is 2. The normalized spacial score (nSPS) is 13.7. The molecule has 7 nitrogen and oxygen atoms in total. The fourth-order valence-electron chi connectivity index (χ4n) is 3.33. The lowest BCUT2D eigenvalue weighted by Gasteiger charge is -2.25. The number of H-pyrrole nitrogens is 1. The fourth-order valence-corrected chi connectivity index (χ4v) is 3.46. The number of nitrogens with two attached hydrogens (primary N) is 1. The number of nitrogens with one attached hydrogen (secondary N) is 1. The van der Waals surface area contributed by atoms with Gasteiger partial charge in [-0.2, -0.15) is 5.10 Å². The quantitative estimate of drug-likeness (QED) is 0.692. The number of rotatable bonds is 3. The Bertz CT molecular complexity index is 1050. The van der Waals surface area contributed by atoms with E-state index in [4.69, 9.17) is 17.3 Å². The maximum absolute atomic E-state index is 12.1. The number of fused-ring (bicyclic) bond motifs is 3. The molecule has 0 atom stereocenters. The standard InChI is InChI=1S/C18H16ClN5O2/c1-2-14(25)23-8-7-13-12(9-23)21-18-15(17(20)26)16(22-24(13)18)10-3-5-11(19)6-4-10/h2-6,21H,1,7-9H2,(H2,20,26). The van der Waals surface area contributed by atoms with E-state index in [-0.39, 0.29) is 5.91 Å². The summed E-state index contributed by atoms with van der Waals surface area (Å²) in [6.45, 7) is 4.50. The highest BCUT2D eigenvalue weighted by Crippen LogP contribution is 2.30. The maximum Gasteiger partial charge on any atom is 0.254 e. The van der Waals surface area contributed by atoms with Crippen LogP contribution >= 0.6 is 11.6 Å². The van der Waals surface area contributed by atoms with Crippen molar-refractivity contribution >= 4 is 29.1 Å². The minimum absolute atomic E-state index is 0.125. The number of hydrogen-bond donors (Lipinski definition) is 2. The van der Waals surface area contributed by atoms with Gasteiger partial charge in [0.15, 0.2) is 0 Å². The number of hydrogen-bond acceptors (Lipinski definition) is 3. The molecule has 26 heavy (non-hydrogen) atoms. The second-order valence-electron chi connectivity index (χ2n) is 6.12. The van der Waals surface area contributed by atoms with E-state index in [1.807, 2.05) is 0 Å². The predicted molar refractivity (Wildman–Crippen MR) is 97.8 cm³/mol.